The molecule has 0 saturated carbocycles. The van der Waals surface area contributed by atoms with Crippen LogP contribution in [-0.4, -0.2) is 13.3 Å². The van der Waals surface area contributed by atoms with Crippen molar-refractivity contribution in [2.75, 3.05) is 7.11 Å². The highest BCUT2D eigenvalue weighted by atomic mass is 16.6. The minimum Gasteiger partial charge on any atom is -0.497 e. The first-order valence-corrected chi connectivity index (χ1v) is 6.10. The molecular weight excluding hydrogens is 252 g/mol. The van der Waals surface area contributed by atoms with Crippen LogP contribution in [0.4, 0.5) is 0 Å². The fourth-order valence-electron chi connectivity index (χ4n) is 1.66. The third-order valence-corrected chi connectivity index (χ3v) is 2.66. The Morgan fingerprint density at radius 2 is 2.05 bits per heavy atom. The molecule has 4 heteroatoms. The van der Waals surface area contributed by atoms with Crippen LogP contribution in [-0.2, 0) is 11.4 Å². The Labute approximate surface area is 117 Å². The fourth-order valence-corrected chi connectivity index (χ4v) is 1.66. The maximum atomic E-state index is 8.80. The van der Waals surface area contributed by atoms with E-state index in [1.165, 1.54) is 0 Å². The molecule has 0 heterocycles. The molecule has 4 nitrogen and oxygen atoms in total. The molecule has 0 spiro atoms. The van der Waals surface area contributed by atoms with Gasteiger partial charge in [0.15, 0.2) is 0 Å². The van der Waals surface area contributed by atoms with Gasteiger partial charge in [0.25, 0.3) is 0 Å². The predicted molar refractivity (Wildman–Crippen MR) is 76.5 cm³/mol. The number of hydrogen-bond acceptors (Lipinski definition) is 4. The molecule has 0 bridgehead atoms. The summed E-state index contributed by atoms with van der Waals surface area (Å²) in [5.74, 6) is 0.774. The maximum absolute atomic E-state index is 8.80. The van der Waals surface area contributed by atoms with Crippen molar-refractivity contribution in [3.05, 3.63) is 65.2 Å². The highest BCUT2D eigenvalue weighted by Gasteiger charge is 1.95. The second-order valence-corrected chi connectivity index (χ2v) is 4.10. The number of hydrogen-bond donors (Lipinski definition) is 0. The van der Waals surface area contributed by atoms with Gasteiger partial charge in [0.2, 0.25) is 0 Å². The molecule has 20 heavy (non-hydrogen) atoms. The average Bonchev–Trinajstić information content (AvgIpc) is 2.52. The summed E-state index contributed by atoms with van der Waals surface area (Å²) in [6.45, 7) is 0.329. The van der Waals surface area contributed by atoms with Crippen molar-refractivity contribution in [1.29, 1.82) is 5.26 Å². The molecule has 0 N–H and O–H groups in total. The molecule has 0 aliphatic heterocycles. The van der Waals surface area contributed by atoms with Crippen LogP contribution >= 0.6 is 0 Å². The zero-order chi connectivity index (χ0) is 14.2. The van der Waals surface area contributed by atoms with Gasteiger partial charge in [-0.15, -0.1) is 0 Å². The van der Waals surface area contributed by atoms with Crippen molar-refractivity contribution in [3.8, 4) is 11.8 Å². The topological polar surface area (TPSA) is 54.6 Å². The first kappa shape index (κ1) is 13.6. The van der Waals surface area contributed by atoms with E-state index in [1.54, 1.807) is 25.5 Å². The molecule has 0 amide bonds. The quantitative estimate of drug-likeness (QED) is 0.617. The molecule has 2 aromatic rings. The van der Waals surface area contributed by atoms with Gasteiger partial charge in [-0.25, -0.2) is 0 Å². The summed E-state index contributed by atoms with van der Waals surface area (Å²) in [5.41, 5.74) is 2.42. The van der Waals surface area contributed by atoms with Crippen LogP contribution < -0.4 is 4.74 Å². The Morgan fingerprint density at radius 3 is 2.85 bits per heavy atom. The summed E-state index contributed by atoms with van der Waals surface area (Å²) in [7, 11) is 1.62. The number of rotatable bonds is 5. The van der Waals surface area contributed by atoms with Crippen LogP contribution in [0.3, 0.4) is 0 Å². The van der Waals surface area contributed by atoms with E-state index in [1.807, 2.05) is 36.4 Å². The van der Waals surface area contributed by atoms with Crippen molar-refractivity contribution in [3.63, 3.8) is 0 Å². The molecule has 0 aliphatic rings. The van der Waals surface area contributed by atoms with E-state index in [9.17, 15) is 0 Å². The molecule has 0 atom stereocenters. The Kier molecular flexibility index (Phi) is 4.74. The molecule has 0 radical (unpaired) electrons. The van der Waals surface area contributed by atoms with Crippen LogP contribution in [0.25, 0.3) is 0 Å². The minimum atomic E-state index is 0.329. The van der Waals surface area contributed by atoms with Crippen LogP contribution in [0.1, 0.15) is 16.7 Å². The van der Waals surface area contributed by atoms with Crippen LogP contribution in [0.5, 0.6) is 5.75 Å². The van der Waals surface area contributed by atoms with Crippen molar-refractivity contribution < 1.29 is 9.57 Å². The van der Waals surface area contributed by atoms with Gasteiger partial charge in [-0.2, -0.15) is 5.26 Å². The molecule has 0 unspecified atom stereocenters. The Bertz CT molecular complexity index is 645. The molecule has 0 fully saturated rings. The van der Waals surface area contributed by atoms with E-state index < -0.39 is 0 Å². The second-order valence-electron chi connectivity index (χ2n) is 4.10. The van der Waals surface area contributed by atoms with Gasteiger partial charge in [0.05, 0.1) is 25.0 Å². The fraction of sp³-hybridized carbons (Fsp3) is 0.125. The van der Waals surface area contributed by atoms with Crippen LogP contribution in [0, 0.1) is 11.3 Å². The lowest BCUT2D eigenvalue weighted by Crippen LogP contribution is -1.90. The number of methoxy groups -OCH3 is 1. The van der Waals surface area contributed by atoms with Crippen molar-refractivity contribution in [1.82, 2.24) is 0 Å². The summed E-state index contributed by atoms with van der Waals surface area (Å²) in [6.07, 6.45) is 1.62. The zero-order valence-electron chi connectivity index (χ0n) is 11.1. The summed E-state index contributed by atoms with van der Waals surface area (Å²) >= 11 is 0. The van der Waals surface area contributed by atoms with Gasteiger partial charge >= 0.3 is 0 Å². The number of nitriles is 1. The molecule has 0 aromatic heterocycles. The van der Waals surface area contributed by atoms with E-state index in [4.69, 9.17) is 14.8 Å². The first-order chi connectivity index (χ1) is 9.81. The van der Waals surface area contributed by atoms with Crippen molar-refractivity contribution in [2.24, 2.45) is 5.16 Å². The normalized spacial score (nSPS) is 10.2. The summed E-state index contributed by atoms with van der Waals surface area (Å²) in [6, 6.07) is 16.9. The van der Waals surface area contributed by atoms with Gasteiger partial charge < -0.3 is 9.57 Å². The first-order valence-electron chi connectivity index (χ1n) is 6.10. The lowest BCUT2D eigenvalue weighted by Gasteiger charge is -2.01. The Morgan fingerprint density at radius 1 is 1.20 bits per heavy atom. The molecule has 0 saturated heterocycles. The maximum Gasteiger partial charge on any atom is 0.142 e. The van der Waals surface area contributed by atoms with Crippen molar-refractivity contribution in [2.45, 2.75) is 6.61 Å². The SMILES string of the molecule is COc1cccc(C=NOCc2cccc(C#N)c2)c1. The van der Waals surface area contributed by atoms with Crippen LogP contribution in [0.15, 0.2) is 53.7 Å². The third kappa shape index (κ3) is 3.85. The van der Waals surface area contributed by atoms with Gasteiger partial charge in [-0.1, -0.05) is 29.4 Å². The van der Waals surface area contributed by atoms with Gasteiger partial charge in [-0.05, 0) is 35.4 Å². The predicted octanol–water partition coefficient (Wildman–Crippen LogP) is 3.12. The zero-order valence-corrected chi connectivity index (χ0v) is 11.1. The van der Waals surface area contributed by atoms with Gasteiger partial charge in [0, 0.05) is 0 Å². The lowest BCUT2D eigenvalue weighted by atomic mass is 10.1. The monoisotopic (exact) mass is 266 g/mol. The number of benzene rings is 2. The van der Waals surface area contributed by atoms with E-state index in [0.717, 1.165) is 16.9 Å². The third-order valence-electron chi connectivity index (χ3n) is 2.66. The highest BCUT2D eigenvalue weighted by Crippen LogP contribution is 2.11. The van der Waals surface area contributed by atoms with E-state index in [0.29, 0.717) is 12.2 Å². The lowest BCUT2D eigenvalue weighted by molar-refractivity contribution is 0.132. The molecule has 2 aromatic carbocycles. The molecular formula is C16H14N2O2. The summed E-state index contributed by atoms with van der Waals surface area (Å²) in [5, 5.41) is 12.7. The second kappa shape index (κ2) is 6.95. The minimum absolute atomic E-state index is 0.329. The standard InChI is InChI=1S/C16H14N2O2/c1-19-16-7-3-5-14(9-16)11-18-20-12-15-6-2-4-13(8-15)10-17/h2-9,11H,12H2,1H3. The van der Waals surface area contributed by atoms with Crippen LogP contribution in [0.2, 0.25) is 0 Å². The van der Waals surface area contributed by atoms with E-state index >= 15 is 0 Å². The van der Waals surface area contributed by atoms with Gasteiger partial charge in [0.1, 0.15) is 12.4 Å². The largest absolute Gasteiger partial charge is 0.497 e. The number of ether oxygens (including phenoxy) is 1. The number of oxime groups is 1. The molecule has 2 rings (SSSR count). The van der Waals surface area contributed by atoms with Gasteiger partial charge in [-0.3, -0.25) is 0 Å². The Balaban J connectivity index is 1.91. The van der Waals surface area contributed by atoms with E-state index in [-0.39, 0.29) is 0 Å². The number of nitrogens with zero attached hydrogens (tertiary/aromatic N) is 2. The summed E-state index contributed by atoms with van der Waals surface area (Å²) in [4.78, 5) is 5.22. The van der Waals surface area contributed by atoms with E-state index in [2.05, 4.69) is 11.2 Å². The Hall–Kier alpha value is -2.80. The summed E-state index contributed by atoms with van der Waals surface area (Å²) < 4.78 is 5.12. The average molecular weight is 266 g/mol. The molecule has 0 aliphatic carbocycles. The smallest absolute Gasteiger partial charge is 0.142 e. The molecule has 100 valence electrons. The highest BCUT2D eigenvalue weighted by molar-refractivity contribution is 5.79. The van der Waals surface area contributed by atoms with Crippen molar-refractivity contribution >= 4 is 6.21 Å².